The monoisotopic (exact) mass is 416 g/mol. The number of hydrogen-bond donors (Lipinski definition) is 0. The van der Waals surface area contributed by atoms with Crippen LogP contribution in [0.5, 0.6) is 0 Å². The van der Waals surface area contributed by atoms with E-state index in [-0.39, 0.29) is 16.7 Å². The van der Waals surface area contributed by atoms with E-state index in [1.165, 1.54) is 49.0 Å². The Bertz CT molecular complexity index is 628. The maximum Gasteiger partial charge on any atom is 0.594 e. The van der Waals surface area contributed by atoms with Crippen molar-refractivity contribution in [1.29, 1.82) is 0 Å². The first kappa shape index (κ1) is 25.7. The van der Waals surface area contributed by atoms with Crippen LogP contribution >= 0.6 is 0 Å². The van der Waals surface area contributed by atoms with Gasteiger partial charge in [0.05, 0.1) is 0 Å². The Kier molecular flexibility index (Phi) is 9.48. The Morgan fingerprint density at radius 3 is 1.32 bits per heavy atom. The molecule has 1 unspecified atom stereocenters. The van der Waals surface area contributed by atoms with Crippen LogP contribution in [0, 0.1) is 0 Å². The molecular formula is C18H28O9Si. The van der Waals surface area contributed by atoms with Gasteiger partial charge in [-0.25, -0.2) is 14.4 Å². The minimum atomic E-state index is -4.15. The first-order valence-electron chi connectivity index (χ1n) is 8.13. The summed E-state index contributed by atoms with van der Waals surface area (Å²) in [5.74, 6) is -2.72. The van der Waals surface area contributed by atoms with E-state index in [0.717, 1.165) is 0 Å². The number of carbonyl (C=O) groups excluding carboxylic acids is 3. The molecule has 0 aromatic heterocycles. The van der Waals surface area contributed by atoms with Gasteiger partial charge in [0.25, 0.3) is 0 Å². The predicted molar refractivity (Wildman–Crippen MR) is 102 cm³/mol. The summed E-state index contributed by atoms with van der Waals surface area (Å²) in [7, 11) is -0.516. The van der Waals surface area contributed by atoms with Crippen molar-refractivity contribution in [3.63, 3.8) is 0 Å². The lowest BCUT2D eigenvalue weighted by Gasteiger charge is -2.43. The van der Waals surface area contributed by atoms with Gasteiger partial charge in [0.15, 0.2) is 6.10 Å². The molecule has 0 bridgehead atoms. The van der Waals surface area contributed by atoms with Gasteiger partial charge in [-0.05, 0) is 27.7 Å². The second-order valence-corrected chi connectivity index (χ2v) is 9.04. The molecule has 0 aliphatic heterocycles. The fourth-order valence-electron chi connectivity index (χ4n) is 2.03. The van der Waals surface area contributed by atoms with Gasteiger partial charge in [0, 0.05) is 38.0 Å². The van der Waals surface area contributed by atoms with E-state index in [4.69, 9.17) is 27.5 Å². The lowest BCUT2D eigenvalue weighted by Crippen LogP contribution is -2.72. The highest BCUT2D eigenvalue weighted by Gasteiger charge is 2.72. The molecule has 0 amide bonds. The SMILES string of the molecule is C=C(C)C(=O)OC(C)C(OC(=O)C(=C)C)(OC(=O)C(=C)C)[Si](OC)(OC)OC. The zero-order valence-electron chi connectivity index (χ0n) is 17.4. The number of rotatable bonds is 11. The van der Waals surface area contributed by atoms with Crippen LogP contribution in [0.3, 0.4) is 0 Å². The first-order valence-corrected chi connectivity index (χ1v) is 9.86. The molecule has 0 aromatic rings. The van der Waals surface area contributed by atoms with Gasteiger partial charge < -0.3 is 27.5 Å². The molecule has 0 saturated carbocycles. The molecule has 0 heterocycles. The van der Waals surface area contributed by atoms with Gasteiger partial charge in [-0.3, -0.25) is 0 Å². The van der Waals surface area contributed by atoms with Crippen molar-refractivity contribution >= 4 is 26.7 Å². The third-order valence-electron chi connectivity index (χ3n) is 3.59. The average Bonchev–Trinajstić information content (AvgIpc) is 2.62. The van der Waals surface area contributed by atoms with Crippen molar-refractivity contribution in [3.05, 3.63) is 36.5 Å². The molecule has 0 spiro atoms. The van der Waals surface area contributed by atoms with E-state index in [1.54, 1.807) is 0 Å². The summed E-state index contributed by atoms with van der Waals surface area (Å²) >= 11 is 0. The van der Waals surface area contributed by atoms with Gasteiger partial charge in [-0.1, -0.05) is 19.7 Å². The molecule has 0 aromatic carbocycles. The van der Waals surface area contributed by atoms with E-state index in [0.29, 0.717) is 0 Å². The fraction of sp³-hybridized carbons (Fsp3) is 0.500. The molecule has 0 aliphatic rings. The highest BCUT2D eigenvalue weighted by Crippen LogP contribution is 2.35. The lowest BCUT2D eigenvalue weighted by molar-refractivity contribution is -0.246. The molecule has 0 aliphatic carbocycles. The van der Waals surface area contributed by atoms with Crippen molar-refractivity contribution in [1.82, 2.24) is 0 Å². The summed E-state index contributed by atoms with van der Waals surface area (Å²) in [4.78, 5) is 36.9. The Balaban J connectivity index is 6.70. The molecule has 1 atom stereocenters. The van der Waals surface area contributed by atoms with Crippen LogP contribution in [-0.4, -0.2) is 59.6 Å². The van der Waals surface area contributed by atoms with Gasteiger partial charge >= 0.3 is 32.1 Å². The summed E-state index contributed by atoms with van der Waals surface area (Å²) in [5, 5.41) is 0. The molecule has 9 nitrogen and oxygen atoms in total. The number of carbonyl (C=O) groups is 3. The van der Waals surface area contributed by atoms with E-state index in [9.17, 15) is 14.4 Å². The van der Waals surface area contributed by atoms with Gasteiger partial charge in [-0.2, -0.15) is 0 Å². The molecule has 28 heavy (non-hydrogen) atoms. The van der Waals surface area contributed by atoms with E-state index >= 15 is 0 Å². The van der Waals surface area contributed by atoms with E-state index in [2.05, 4.69) is 19.7 Å². The van der Waals surface area contributed by atoms with Crippen molar-refractivity contribution < 1.29 is 41.9 Å². The van der Waals surface area contributed by atoms with Crippen molar-refractivity contribution in [2.24, 2.45) is 0 Å². The molecular weight excluding hydrogens is 388 g/mol. The molecule has 0 fully saturated rings. The van der Waals surface area contributed by atoms with Crippen molar-refractivity contribution in [3.8, 4) is 0 Å². The van der Waals surface area contributed by atoms with Gasteiger partial charge in [-0.15, -0.1) is 0 Å². The molecule has 0 saturated heterocycles. The fourth-order valence-corrected chi connectivity index (χ4v) is 4.37. The zero-order chi connectivity index (χ0) is 22.3. The second-order valence-electron chi connectivity index (χ2n) is 6.00. The highest BCUT2D eigenvalue weighted by atomic mass is 28.4. The summed E-state index contributed by atoms with van der Waals surface area (Å²) in [6, 6.07) is 0. The quantitative estimate of drug-likeness (QED) is 0.216. The normalized spacial score (nSPS) is 12.5. The van der Waals surface area contributed by atoms with Crippen molar-refractivity contribution in [2.45, 2.75) is 39.2 Å². The minimum Gasteiger partial charge on any atom is -0.451 e. The second kappa shape index (κ2) is 10.3. The largest absolute Gasteiger partial charge is 0.594 e. The van der Waals surface area contributed by atoms with Crippen LogP contribution in [0.1, 0.15) is 27.7 Å². The Labute approximate surface area is 166 Å². The highest BCUT2D eigenvalue weighted by molar-refractivity contribution is 6.64. The maximum absolute atomic E-state index is 12.4. The van der Waals surface area contributed by atoms with E-state index < -0.39 is 38.2 Å². The smallest absolute Gasteiger partial charge is 0.451 e. The molecule has 0 N–H and O–H groups in total. The van der Waals surface area contributed by atoms with Gasteiger partial charge in [0.1, 0.15) is 0 Å². The molecule has 158 valence electrons. The topological polar surface area (TPSA) is 107 Å². The number of esters is 3. The Hall–Kier alpha value is -2.27. The molecule has 0 radical (unpaired) electrons. The third kappa shape index (κ3) is 5.38. The van der Waals surface area contributed by atoms with Crippen LogP contribution in [-0.2, 0) is 41.9 Å². The summed E-state index contributed by atoms with van der Waals surface area (Å²) in [6.07, 6.45) is -1.41. The van der Waals surface area contributed by atoms with Crippen molar-refractivity contribution in [2.75, 3.05) is 21.3 Å². The maximum atomic E-state index is 12.4. The third-order valence-corrected chi connectivity index (χ3v) is 6.66. The Morgan fingerprint density at radius 2 is 1.07 bits per heavy atom. The summed E-state index contributed by atoms with van der Waals surface area (Å²) in [5.41, 5.74) is -2.35. The first-order chi connectivity index (χ1) is 12.8. The van der Waals surface area contributed by atoms with Gasteiger partial charge in [0.2, 0.25) is 0 Å². The standard InChI is InChI=1S/C18H28O9Si/c1-11(2)15(19)25-14(7)18(26-16(20)12(3)4,27-17(21)13(5)6)28(22-8,23-9)24-10/h14H,1,3,5H2,2,4,6-10H3. The Morgan fingerprint density at radius 1 is 0.750 bits per heavy atom. The average molecular weight is 416 g/mol. The molecule has 10 heteroatoms. The van der Waals surface area contributed by atoms with E-state index in [1.807, 2.05) is 0 Å². The summed E-state index contributed by atoms with van der Waals surface area (Å²) in [6.45, 7) is 16.0. The van der Waals surface area contributed by atoms with Crippen LogP contribution in [0.25, 0.3) is 0 Å². The van der Waals surface area contributed by atoms with Crippen LogP contribution < -0.4 is 0 Å². The van der Waals surface area contributed by atoms with Crippen LogP contribution in [0.2, 0.25) is 0 Å². The summed E-state index contributed by atoms with van der Waals surface area (Å²) < 4.78 is 32.4. The van der Waals surface area contributed by atoms with Crippen LogP contribution in [0.15, 0.2) is 36.5 Å². The predicted octanol–water partition coefficient (Wildman–Crippen LogP) is 1.85. The molecule has 0 rings (SSSR count). The zero-order valence-corrected chi connectivity index (χ0v) is 18.4. The lowest BCUT2D eigenvalue weighted by atomic mass is 10.3. The number of hydrogen-bond acceptors (Lipinski definition) is 9. The van der Waals surface area contributed by atoms with Crippen LogP contribution in [0.4, 0.5) is 0 Å². The minimum absolute atomic E-state index is 0.0135. The number of ether oxygens (including phenoxy) is 3.